The minimum atomic E-state index is 0.833. The fourth-order valence-electron chi connectivity index (χ4n) is 2.85. The molecule has 0 radical (unpaired) electrons. The van der Waals surface area contributed by atoms with Crippen molar-refractivity contribution >= 4 is 5.69 Å². The van der Waals surface area contributed by atoms with Crippen LogP contribution in [0.1, 0.15) is 12.8 Å². The quantitative estimate of drug-likeness (QED) is 0.759. The molecule has 2 aliphatic rings. The molecule has 1 fully saturated rings. The summed E-state index contributed by atoms with van der Waals surface area (Å²) in [5.41, 5.74) is 1.14. The van der Waals surface area contributed by atoms with E-state index in [2.05, 4.69) is 28.5 Å². The third-order valence-corrected chi connectivity index (χ3v) is 3.65. The first-order chi connectivity index (χ1) is 7.42. The predicted molar refractivity (Wildman–Crippen MR) is 61.6 cm³/mol. The monoisotopic (exact) mass is 200 g/mol. The minimum Gasteiger partial charge on any atom is -0.384 e. The van der Waals surface area contributed by atoms with Gasteiger partial charge in [0, 0.05) is 18.9 Å². The van der Waals surface area contributed by atoms with Crippen molar-refractivity contribution in [3.05, 3.63) is 36.7 Å². The van der Waals surface area contributed by atoms with Crippen LogP contribution >= 0.6 is 0 Å². The van der Waals surface area contributed by atoms with Gasteiger partial charge in [-0.1, -0.05) is 12.2 Å². The number of hydrogen-bond acceptors (Lipinski definition) is 2. The topological polar surface area (TPSA) is 24.9 Å². The summed E-state index contributed by atoms with van der Waals surface area (Å²) in [5, 5.41) is 3.48. The van der Waals surface area contributed by atoms with Gasteiger partial charge in [-0.2, -0.15) is 0 Å². The van der Waals surface area contributed by atoms with Crippen LogP contribution in [-0.2, 0) is 0 Å². The number of nitrogens with zero attached hydrogens (tertiary/aromatic N) is 1. The fourth-order valence-corrected chi connectivity index (χ4v) is 2.85. The standard InChI is InChI=1S/C13H16N2/c1-2-13(9-14-5-1)15-8-12-7-10-3-4-11(12)6-10/h1-5,9-12,15H,6-8H2/t10-,11+,12-/m1/s1. The summed E-state index contributed by atoms with van der Waals surface area (Å²) in [6.45, 7) is 1.09. The van der Waals surface area contributed by atoms with Gasteiger partial charge < -0.3 is 5.32 Å². The molecule has 78 valence electrons. The molecular formula is C13H16N2. The molecule has 2 nitrogen and oxygen atoms in total. The summed E-state index contributed by atoms with van der Waals surface area (Å²) in [4.78, 5) is 4.10. The Morgan fingerprint density at radius 1 is 1.33 bits per heavy atom. The lowest BCUT2D eigenvalue weighted by Crippen LogP contribution is -2.18. The molecule has 2 bridgehead atoms. The molecule has 1 aromatic rings. The van der Waals surface area contributed by atoms with Crippen molar-refractivity contribution in [2.24, 2.45) is 17.8 Å². The Morgan fingerprint density at radius 3 is 3.00 bits per heavy atom. The van der Waals surface area contributed by atoms with Crippen LogP contribution in [0.4, 0.5) is 5.69 Å². The second-order valence-corrected chi connectivity index (χ2v) is 4.66. The van der Waals surface area contributed by atoms with Crippen LogP contribution in [-0.4, -0.2) is 11.5 Å². The fraction of sp³-hybridized carbons (Fsp3) is 0.462. The zero-order valence-electron chi connectivity index (χ0n) is 8.76. The van der Waals surface area contributed by atoms with E-state index in [1.165, 1.54) is 12.8 Å². The molecule has 1 saturated carbocycles. The predicted octanol–water partition coefficient (Wildman–Crippen LogP) is 2.71. The summed E-state index contributed by atoms with van der Waals surface area (Å²) >= 11 is 0. The summed E-state index contributed by atoms with van der Waals surface area (Å²) < 4.78 is 0. The molecule has 15 heavy (non-hydrogen) atoms. The van der Waals surface area contributed by atoms with Gasteiger partial charge in [0.05, 0.1) is 5.69 Å². The molecule has 0 amide bonds. The number of aromatic nitrogens is 1. The molecule has 3 rings (SSSR count). The minimum absolute atomic E-state index is 0.833. The second kappa shape index (κ2) is 3.69. The lowest BCUT2D eigenvalue weighted by molar-refractivity contribution is 0.472. The molecule has 1 N–H and O–H groups in total. The average molecular weight is 200 g/mol. The Morgan fingerprint density at radius 2 is 2.33 bits per heavy atom. The van der Waals surface area contributed by atoms with E-state index < -0.39 is 0 Å². The van der Waals surface area contributed by atoms with Crippen LogP contribution < -0.4 is 5.32 Å². The van der Waals surface area contributed by atoms with Crippen LogP contribution in [0.3, 0.4) is 0 Å². The average Bonchev–Trinajstić information content (AvgIpc) is 2.89. The first-order valence-electron chi connectivity index (χ1n) is 5.74. The Balaban J connectivity index is 1.57. The SMILES string of the molecule is C1=C[C@H]2C[C@@H]1C[C@@H]2CNc1cccnc1. The lowest BCUT2D eigenvalue weighted by Gasteiger charge is -2.18. The normalized spacial score (nSPS) is 32.1. The third kappa shape index (κ3) is 1.76. The van der Waals surface area contributed by atoms with E-state index in [-0.39, 0.29) is 0 Å². The molecule has 1 aromatic heterocycles. The maximum absolute atomic E-state index is 4.10. The van der Waals surface area contributed by atoms with Crippen molar-refractivity contribution in [3.8, 4) is 0 Å². The highest BCUT2D eigenvalue weighted by molar-refractivity contribution is 5.39. The first-order valence-corrected chi connectivity index (χ1v) is 5.74. The lowest BCUT2D eigenvalue weighted by atomic mass is 9.93. The highest BCUT2D eigenvalue weighted by Crippen LogP contribution is 2.43. The van der Waals surface area contributed by atoms with Crippen molar-refractivity contribution in [2.75, 3.05) is 11.9 Å². The summed E-state index contributed by atoms with van der Waals surface area (Å²) in [7, 11) is 0. The highest BCUT2D eigenvalue weighted by Gasteiger charge is 2.35. The van der Waals surface area contributed by atoms with Gasteiger partial charge in [0.25, 0.3) is 0 Å². The van der Waals surface area contributed by atoms with E-state index >= 15 is 0 Å². The molecule has 0 spiro atoms. The molecule has 0 unspecified atom stereocenters. The summed E-state index contributed by atoms with van der Waals surface area (Å²) in [6.07, 6.45) is 11.3. The van der Waals surface area contributed by atoms with Crippen LogP contribution in [0.25, 0.3) is 0 Å². The van der Waals surface area contributed by atoms with Crippen molar-refractivity contribution in [1.29, 1.82) is 0 Å². The zero-order chi connectivity index (χ0) is 10.1. The van der Waals surface area contributed by atoms with Gasteiger partial charge in [0.1, 0.15) is 0 Å². The highest BCUT2D eigenvalue weighted by atomic mass is 14.9. The number of anilines is 1. The van der Waals surface area contributed by atoms with E-state index in [0.717, 1.165) is 30.0 Å². The van der Waals surface area contributed by atoms with Crippen molar-refractivity contribution in [1.82, 2.24) is 4.98 Å². The molecule has 2 aliphatic carbocycles. The number of hydrogen-bond donors (Lipinski definition) is 1. The van der Waals surface area contributed by atoms with Crippen molar-refractivity contribution in [2.45, 2.75) is 12.8 Å². The van der Waals surface area contributed by atoms with Crippen molar-refractivity contribution in [3.63, 3.8) is 0 Å². The van der Waals surface area contributed by atoms with Gasteiger partial charge in [-0.05, 0) is 42.7 Å². The zero-order valence-corrected chi connectivity index (χ0v) is 8.76. The van der Waals surface area contributed by atoms with Crippen LogP contribution in [0.5, 0.6) is 0 Å². The number of allylic oxidation sites excluding steroid dienone is 2. The third-order valence-electron chi connectivity index (χ3n) is 3.65. The molecule has 3 atom stereocenters. The van der Waals surface area contributed by atoms with Crippen molar-refractivity contribution < 1.29 is 0 Å². The van der Waals surface area contributed by atoms with E-state index in [1.54, 1.807) is 0 Å². The Kier molecular flexibility index (Phi) is 2.20. The molecule has 0 aromatic carbocycles. The van der Waals surface area contributed by atoms with Crippen LogP contribution in [0.15, 0.2) is 36.7 Å². The number of nitrogens with one attached hydrogen (secondary N) is 1. The summed E-state index contributed by atoms with van der Waals surface area (Å²) in [5.74, 6) is 2.54. The van der Waals surface area contributed by atoms with Gasteiger partial charge in [0.2, 0.25) is 0 Å². The molecule has 0 saturated heterocycles. The Bertz CT molecular complexity index is 358. The van der Waals surface area contributed by atoms with Gasteiger partial charge in [0.15, 0.2) is 0 Å². The Labute approximate surface area is 90.4 Å². The largest absolute Gasteiger partial charge is 0.384 e. The van der Waals surface area contributed by atoms with Gasteiger partial charge >= 0.3 is 0 Å². The van der Waals surface area contributed by atoms with E-state index in [0.29, 0.717) is 0 Å². The number of pyridine rings is 1. The van der Waals surface area contributed by atoms with E-state index in [4.69, 9.17) is 0 Å². The molecule has 1 heterocycles. The second-order valence-electron chi connectivity index (χ2n) is 4.66. The van der Waals surface area contributed by atoms with Gasteiger partial charge in [-0.15, -0.1) is 0 Å². The van der Waals surface area contributed by atoms with E-state index in [1.807, 2.05) is 18.5 Å². The van der Waals surface area contributed by atoms with Crippen LogP contribution in [0, 0.1) is 17.8 Å². The molecular weight excluding hydrogens is 184 g/mol. The van der Waals surface area contributed by atoms with E-state index in [9.17, 15) is 0 Å². The maximum Gasteiger partial charge on any atom is 0.0526 e. The number of rotatable bonds is 3. The Hall–Kier alpha value is -1.31. The van der Waals surface area contributed by atoms with Gasteiger partial charge in [-0.3, -0.25) is 4.98 Å². The molecule has 2 heteroatoms. The first kappa shape index (κ1) is 8.96. The molecule has 0 aliphatic heterocycles. The summed E-state index contributed by atoms with van der Waals surface area (Å²) in [6, 6.07) is 4.05. The number of fused-ring (bicyclic) bond motifs is 2. The van der Waals surface area contributed by atoms with Crippen LogP contribution in [0.2, 0.25) is 0 Å². The smallest absolute Gasteiger partial charge is 0.0526 e. The van der Waals surface area contributed by atoms with Gasteiger partial charge in [-0.25, -0.2) is 0 Å². The maximum atomic E-state index is 4.10.